The third-order valence-electron chi connectivity index (χ3n) is 2.69. The van der Waals surface area contributed by atoms with Gasteiger partial charge in [0.1, 0.15) is 5.75 Å². The lowest BCUT2D eigenvalue weighted by Crippen LogP contribution is -2.29. The largest absolute Gasteiger partial charge is 0.495 e. The summed E-state index contributed by atoms with van der Waals surface area (Å²) < 4.78 is 5.04. The van der Waals surface area contributed by atoms with Gasteiger partial charge in [-0.05, 0) is 32.0 Å². The van der Waals surface area contributed by atoms with Crippen molar-refractivity contribution in [2.75, 3.05) is 12.4 Å². The summed E-state index contributed by atoms with van der Waals surface area (Å²) in [4.78, 5) is 10.8. The van der Waals surface area contributed by atoms with Gasteiger partial charge in [0.25, 0.3) is 0 Å². The molecule has 17 heavy (non-hydrogen) atoms. The van der Waals surface area contributed by atoms with E-state index in [2.05, 4.69) is 5.32 Å². The molecule has 0 aromatic heterocycles. The highest BCUT2D eigenvalue weighted by atomic mass is 35.5. The van der Waals surface area contributed by atoms with Crippen LogP contribution in [0.4, 0.5) is 5.69 Å². The van der Waals surface area contributed by atoms with Crippen molar-refractivity contribution in [1.82, 2.24) is 0 Å². The van der Waals surface area contributed by atoms with E-state index in [-0.39, 0.29) is 6.04 Å². The Labute approximate surface area is 106 Å². The van der Waals surface area contributed by atoms with Crippen LogP contribution in [0.2, 0.25) is 5.02 Å². The molecular formula is C12H16ClNO3. The highest BCUT2D eigenvalue weighted by Gasteiger charge is 2.19. The van der Waals surface area contributed by atoms with Gasteiger partial charge in [-0.15, -0.1) is 0 Å². The number of hydrogen-bond acceptors (Lipinski definition) is 3. The fourth-order valence-electron chi connectivity index (χ4n) is 1.36. The zero-order valence-corrected chi connectivity index (χ0v) is 10.8. The summed E-state index contributed by atoms with van der Waals surface area (Å²) in [5, 5.41) is 12.5. The number of hydrogen-bond donors (Lipinski definition) is 2. The van der Waals surface area contributed by atoms with Crippen molar-refractivity contribution in [1.29, 1.82) is 0 Å². The van der Waals surface area contributed by atoms with E-state index in [1.54, 1.807) is 32.2 Å². The molecule has 1 aromatic rings. The minimum Gasteiger partial charge on any atom is -0.495 e. The van der Waals surface area contributed by atoms with Crippen molar-refractivity contribution >= 4 is 23.3 Å². The highest BCUT2D eigenvalue weighted by Crippen LogP contribution is 2.27. The predicted molar refractivity (Wildman–Crippen MR) is 67.9 cm³/mol. The summed E-state index contributed by atoms with van der Waals surface area (Å²) in [5.41, 5.74) is 0.774. The van der Waals surface area contributed by atoms with Gasteiger partial charge in [-0.2, -0.15) is 0 Å². The molecule has 0 spiro atoms. The fourth-order valence-corrected chi connectivity index (χ4v) is 1.62. The Hall–Kier alpha value is -1.42. The summed E-state index contributed by atoms with van der Waals surface area (Å²) in [5.74, 6) is -0.711. The van der Waals surface area contributed by atoms with Crippen LogP contribution in [-0.4, -0.2) is 24.2 Å². The summed E-state index contributed by atoms with van der Waals surface area (Å²) >= 11 is 5.97. The van der Waals surface area contributed by atoms with Gasteiger partial charge in [-0.1, -0.05) is 11.6 Å². The number of methoxy groups -OCH3 is 1. The van der Waals surface area contributed by atoms with Gasteiger partial charge in [-0.25, -0.2) is 0 Å². The lowest BCUT2D eigenvalue weighted by molar-refractivity contribution is -0.141. The number of carboxylic acid groups (broad SMARTS) is 1. The lowest BCUT2D eigenvalue weighted by atomic mass is 10.0. The molecule has 2 atom stereocenters. The van der Waals surface area contributed by atoms with Gasteiger partial charge in [0.15, 0.2) is 0 Å². The smallest absolute Gasteiger partial charge is 0.308 e. The quantitative estimate of drug-likeness (QED) is 0.852. The van der Waals surface area contributed by atoms with Gasteiger partial charge < -0.3 is 15.2 Å². The Morgan fingerprint density at radius 3 is 2.59 bits per heavy atom. The van der Waals surface area contributed by atoms with E-state index in [1.807, 2.05) is 6.92 Å². The van der Waals surface area contributed by atoms with Crippen molar-refractivity contribution < 1.29 is 14.6 Å². The van der Waals surface area contributed by atoms with E-state index in [0.29, 0.717) is 10.8 Å². The summed E-state index contributed by atoms with van der Waals surface area (Å²) in [6.45, 7) is 3.47. The van der Waals surface area contributed by atoms with Crippen LogP contribution in [0.15, 0.2) is 18.2 Å². The zero-order chi connectivity index (χ0) is 13.0. The molecule has 94 valence electrons. The number of anilines is 1. The second-order valence-electron chi connectivity index (χ2n) is 3.91. The van der Waals surface area contributed by atoms with Crippen molar-refractivity contribution in [2.24, 2.45) is 5.92 Å². The fraction of sp³-hybridized carbons (Fsp3) is 0.417. The van der Waals surface area contributed by atoms with Crippen LogP contribution in [0.3, 0.4) is 0 Å². The third-order valence-corrected chi connectivity index (χ3v) is 2.98. The van der Waals surface area contributed by atoms with Gasteiger partial charge in [0, 0.05) is 11.7 Å². The molecule has 2 N–H and O–H groups in total. The SMILES string of the molecule is COc1ccc(NC(C)C(C)C(=O)O)cc1Cl. The number of halogens is 1. The first-order valence-electron chi connectivity index (χ1n) is 5.28. The van der Waals surface area contributed by atoms with Gasteiger partial charge in [0.2, 0.25) is 0 Å². The van der Waals surface area contributed by atoms with Crippen LogP contribution in [0, 0.1) is 5.92 Å². The molecule has 0 bridgehead atoms. The highest BCUT2D eigenvalue weighted by molar-refractivity contribution is 6.32. The summed E-state index contributed by atoms with van der Waals surface area (Å²) in [6.07, 6.45) is 0. The summed E-state index contributed by atoms with van der Waals surface area (Å²) in [7, 11) is 1.55. The molecule has 1 rings (SSSR count). The normalized spacial score (nSPS) is 13.9. The van der Waals surface area contributed by atoms with Crippen LogP contribution in [0.25, 0.3) is 0 Å². The van der Waals surface area contributed by atoms with Crippen LogP contribution in [-0.2, 0) is 4.79 Å². The van der Waals surface area contributed by atoms with Crippen molar-refractivity contribution in [3.63, 3.8) is 0 Å². The molecule has 0 fully saturated rings. The molecule has 0 saturated heterocycles. The number of ether oxygens (including phenoxy) is 1. The van der Waals surface area contributed by atoms with Crippen molar-refractivity contribution in [2.45, 2.75) is 19.9 Å². The van der Waals surface area contributed by atoms with E-state index >= 15 is 0 Å². The molecule has 5 heteroatoms. The Kier molecular flexibility index (Phi) is 4.63. The minimum absolute atomic E-state index is 0.183. The predicted octanol–water partition coefficient (Wildman–Crippen LogP) is 2.87. The average Bonchev–Trinajstić information content (AvgIpc) is 2.28. The molecule has 0 radical (unpaired) electrons. The Balaban J connectivity index is 2.75. The number of aliphatic carboxylic acids is 1. The Bertz CT molecular complexity index is 409. The van der Waals surface area contributed by atoms with Crippen molar-refractivity contribution in [3.8, 4) is 5.75 Å². The van der Waals surface area contributed by atoms with E-state index in [9.17, 15) is 4.79 Å². The van der Waals surface area contributed by atoms with Crippen LogP contribution in [0.5, 0.6) is 5.75 Å². The Morgan fingerprint density at radius 1 is 1.47 bits per heavy atom. The number of rotatable bonds is 5. The maximum absolute atomic E-state index is 10.8. The zero-order valence-electron chi connectivity index (χ0n) is 10.0. The third kappa shape index (κ3) is 3.53. The molecule has 1 aromatic carbocycles. The van der Waals surface area contributed by atoms with E-state index in [0.717, 1.165) is 5.69 Å². The monoisotopic (exact) mass is 257 g/mol. The maximum Gasteiger partial charge on any atom is 0.308 e. The molecule has 0 saturated carbocycles. The molecule has 2 unspecified atom stereocenters. The number of benzene rings is 1. The van der Waals surface area contributed by atoms with E-state index in [1.165, 1.54) is 0 Å². The lowest BCUT2D eigenvalue weighted by Gasteiger charge is -2.19. The van der Waals surface area contributed by atoms with Gasteiger partial charge >= 0.3 is 5.97 Å². The number of carboxylic acids is 1. The second kappa shape index (κ2) is 5.77. The van der Waals surface area contributed by atoms with Crippen LogP contribution < -0.4 is 10.1 Å². The van der Waals surface area contributed by atoms with Gasteiger partial charge in [0.05, 0.1) is 18.1 Å². The summed E-state index contributed by atoms with van der Waals surface area (Å²) in [6, 6.07) is 5.07. The van der Waals surface area contributed by atoms with Crippen LogP contribution >= 0.6 is 11.6 Å². The minimum atomic E-state index is -0.829. The first-order valence-corrected chi connectivity index (χ1v) is 5.66. The van der Waals surface area contributed by atoms with Crippen molar-refractivity contribution in [3.05, 3.63) is 23.2 Å². The van der Waals surface area contributed by atoms with Crippen LogP contribution in [0.1, 0.15) is 13.8 Å². The van der Waals surface area contributed by atoms with E-state index in [4.69, 9.17) is 21.4 Å². The Morgan fingerprint density at radius 2 is 2.12 bits per heavy atom. The standard InChI is InChI=1S/C12H16ClNO3/c1-7(12(15)16)8(2)14-9-4-5-11(17-3)10(13)6-9/h4-8,14H,1-3H3,(H,15,16). The first-order chi connectivity index (χ1) is 7.95. The number of carbonyl (C=O) groups is 1. The average molecular weight is 258 g/mol. The molecular weight excluding hydrogens is 242 g/mol. The molecule has 0 aliphatic rings. The first kappa shape index (κ1) is 13.6. The van der Waals surface area contributed by atoms with Gasteiger partial charge in [-0.3, -0.25) is 4.79 Å². The topological polar surface area (TPSA) is 58.6 Å². The maximum atomic E-state index is 10.8. The van der Waals surface area contributed by atoms with E-state index < -0.39 is 11.9 Å². The molecule has 0 aliphatic heterocycles. The molecule has 0 aliphatic carbocycles. The second-order valence-corrected chi connectivity index (χ2v) is 4.32. The molecule has 0 heterocycles. The molecule has 4 nitrogen and oxygen atoms in total. The number of nitrogens with one attached hydrogen (secondary N) is 1. The molecule has 0 amide bonds.